The Kier molecular flexibility index (Phi) is 5.14. The van der Waals surface area contributed by atoms with Crippen LogP contribution >= 0.6 is 0 Å². The molecule has 1 fully saturated rings. The second-order valence-electron chi connectivity index (χ2n) is 4.83. The summed E-state index contributed by atoms with van der Waals surface area (Å²) >= 11 is 0. The Balaban J connectivity index is 2.93. The second kappa shape index (κ2) is 5.84. The molecular weight excluding hydrogens is 236 g/mol. The van der Waals surface area contributed by atoms with Crippen LogP contribution in [0.3, 0.4) is 0 Å². The van der Waals surface area contributed by atoms with Crippen LogP contribution in [0.1, 0.15) is 41.5 Å². The van der Waals surface area contributed by atoms with Gasteiger partial charge in [0.05, 0.1) is 0 Å². The van der Waals surface area contributed by atoms with Crippen LogP contribution in [-0.2, 0) is 23.7 Å². The fourth-order valence-electron chi connectivity index (χ4n) is 1.95. The van der Waals surface area contributed by atoms with Gasteiger partial charge in [0.25, 0.3) is 0 Å². The Bertz CT molecular complexity index is 260. The van der Waals surface area contributed by atoms with Gasteiger partial charge < -0.3 is 18.9 Å². The molecule has 0 bridgehead atoms. The standard InChI is InChI=1S/C13H26O5/c1-7-14-12(6)11(4,5)17-10-13(18-12,15-8-2)16-9-3/h7-10H2,1-6H3. The molecule has 18 heavy (non-hydrogen) atoms. The Hall–Kier alpha value is -0.200. The zero-order chi connectivity index (χ0) is 13.9. The summed E-state index contributed by atoms with van der Waals surface area (Å²) in [7, 11) is 0. The summed E-state index contributed by atoms with van der Waals surface area (Å²) in [5, 5.41) is 0. The molecule has 1 heterocycles. The van der Waals surface area contributed by atoms with Gasteiger partial charge in [-0.25, -0.2) is 0 Å². The van der Waals surface area contributed by atoms with E-state index in [1.165, 1.54) is 0 Å². The summed E-state index contributed by atoms with van der Waals surface area (Å²) in [6.45, 7) is 13.1. The highest BCUT2D eigenvalue weighted by Gasteiger charge is 2.56. The van der Waals surface area contributed by atoms with Crippen LogP contribution in [0.5, 0.6) is 0 Å². The lowest BCUT2D eigenvalue weighted by molar-refractivity contribution is -0.510. The van der Waals surface area contributed by atoms with Gasteiger partial charge in [0.15, 0.2) is 5.79 Å². The van der Waals surface area contributed by atoms with Gasteiger partial charge in [-0.2, -0.15) is 0 Å². The van der Waals surface area contributed by atoms with Crippen molar-refractivity contribution in [1.82, 2.24) is 0 Å². The third-order valence-electron chi connectivity index (χ3n) is 3.20. The highest BCUT2D eigenvalue weighted by atomic mass is 16.9. The second-order valence-corrected chi connectivity index (χ2v) is 4.83. The van der Waals surface area contributed by atoms with Crippen LogP contribution in [0.4, 0.5) is 0 Å². The van der Waals surface area contributed by atoms with Gasteiger partial charge in [0, 0.05) is 19.8 Å². The molecule has 1 saturated heterocycles. The summed E-state index contributed by atoms with van der Waals surface area (Å²) in [5.74, 6) is -2.09. The lowest BCUT2D eigenvalue weighted by Gasteiger charge is -2.52. The van der Waals surface area contributed by atoms with E-state index in [1.54, 1.807) is 0 Å². The van der Waals surface area contributed by atoms with Crippen LogP contribution in [0.2, 0.25) is 0 Å². The van der Waals surface area contributed by atoms with Crippen molar-refractivity contribution in [1.29, 1.82) is 0 Å². The van der Waals surface area contributed by atoms with Crippen molar-refractivity contribution in [3.05, 3.63) is 0 Å². The van der Waals surface area contributed by atoms with Gasteiger partial charge in [-0.15, -0.1) is 0 Å². The Morgan fingerprint density at radius 1 is 0.889 bits per heavy atom. The van der Waals surface area contributed by atoms with E-state index in [1.807, 2.05) is 41.5 Å². The minimum absolute atomic E-state index is 0.227. The number of ether oxygens (including phenoxy) is 5. The van der Waals surface area contributed by atoms with E-state index < -0.39 is 17.4 Å². The van der Waals surface area contributed by atoms with Crippen LogP contribution in [0.15, 0.2) is 0 Å². The van der Waals surface area contributed by atoms with Crippen molar-refractivity contribution in [3.8, 4) is 0 Å². The predicted molar refractivity (Wildman–Crippen MR) is 67.1 cm³/mol. The maximum atomic E-state index is 6.01. The van der Waals surface area contributed by atoms with E-state index in [-0.39, 0.29) is 6.61 Å². The van der Waals surface area contributed by atoms with Crippen molar-refractivity contribution in [2.24, 2.45) is 0 Å². The molecule has 0 spiro atoms. The monoisotopic (exact) mass is 262 g/mol. The SMILES string of the molecule is CCOC1(OCC)COC(C)(C)C(C)(OCC)O1. The molecule has 1 unspecified atom stereocenters. The summed E-state index contributed by atoms with van der Waals surface area (Å²) < 4.78 is 28.8. The summed E-state index contributed by atoms with van der Waals surface area (Å²) in [6, 6.07) is 0. The first-order valence-corrected chi connectivity index (χ1v) is 6.60. The van der Waals surface area contributed by atoms with Crippen molar-refractivity contribution in [2.75, 3.05) is 26.4 Å². The lowest BCUT2D eigenvalue weighted by atomic mass is 9.97. The zero-order valence-corrected chi connectivity index (χ0v) is 12.4. The summed E-state index contributed by atoms with van der Waals surface area (Å²) in [6.07, 6.45) is 0. The molecule has 0 aromatic carbocycles. The number of hydrogen-bond donors (Lipinski definition) is 0. The van der Waals surface area contributed by atoms with Gasteiger partial charge in [0.2, 0.25) is 0 Å². The van der Waals surface area contributed by atoms with Crippen molar-refractivity contribution in [3.63, 3.8) is 0 Å². The van der Waals surface area contributed by atoms with Crippen molar-refractivity contribution >= 4 is 0 Å². The molecule has 1 rings (SSSR count). The molecule has 5 nitrogen and oxygen atoms in total. The lowest BCUT2D eigenvalue weighted by Crippen LogP contribution is -2.66. The molecule has 0 radical (unpaired) electrons. The van der Waals surface area contributed by atoms with E-state index in [9.17, 15) is 0 Å². The Morgan fingerprint density at radius 3 is 1.83 bits per heavy atom. The minimum atomic E-state index is -1.18. The first kappa shape index (κ1) is 15.9. The average molecular weight is 262 g/mol. The van der Waals surface area contributed by atoms with E-state index in [2.05, 4.69) is 0 Å². The maximum absolute atomic E-state index is 6.01. The topological polar surface area (TPSA) is 46.2 Å². The van der Waals surface area contributed by atoms with Crippen LogP contribution in [-0.4, -0.2) is 43.8 Å². The highest BCUT2D eigenvalue weighted by Crippen LogP contribution is 2.40. The zero-order valence-electron chi connectivity index (χ0n) is 12.4. The van der Waals surface area contributed by atoms with E-state index in [0.29, 0.717) is 19.8 Å². The number of rotatable bonds is 6. The third-order valence-corrected chi connectivity index (χ3v) is 3.20. The van der Waals surface area contributed by atoms with Crippen LogP contribution in [0, 0.1) is 0 Å². The Labute approximate surface area is 110 Å². The maximum Gasteiger partial charge on any atom is 0.310 e. The quantitative estimate of drug-likeness (QED) is 0.687. The van der Waals surface area contributed by atoms with Gasteiger partial charge in [-0.3, -0.25) is 4.74 Å². The molecule has 108 valence electrons. The van der Waals surface area contributed by atoms with Crippen LogP contribution < -0.4 is 0 Å². The summed E-state index contributed by atoms with van der Waals surface area (Å²) in [4.78, 5) is 0. The smallest absolute Gasteiger partial charge is 0.310 e. The fraction of sp³-hybridized carbons (Fsp3) is 1.00. The Morgan fingerprint density at radius 2 is 1.39 bits per heavy atom. The van der Waals surface area contributed by atoms with E-state index >= 15 is 0 Å². The average Bonchev–Trinajstić information content (AvgIpc) is 2.26. The molecule has 0 aliphatic carbocycles. The molecule has 0 amide bonds. The third kappa shape index (κ3) is 3.03. The first-order chi connectivity index (χ1) is 8.35. The molecule has 0 aromatic heterocycles. The predicted octanol–water partition coefficient (Wildman–Crippen LogP) is 2.29. The first-order valence-electron chi connectivity index (χ1n) is 6.60. The van der Waals surface area contributed by atoms with Crippen molar-refractivity contribution in [2.45, 2.75) is 58.9 Å². The normalized spacial score (nSPS) is 30.3. The molecule has 1 aliphatic rings. The summed E-state index contributed by atoms with van der Waals surface area (Å²) in [5.41, 5.74) is -0.569. The molecule has 0 saturated carbocycles. The van der Waals surface area contributed by atoms with E-state index in [0.717, 1.165) is 0 Å². The van der Waals surface area contributed by atoms with Gasteiger partial charge >= 0.3 is 5.97 Å². The molecule has 1 aliphatic heterocycles. The van der Waals surface area contributed by atoms with Gasteiger partial charge in [-0.05, 0) is 41.5 Å². The fourth-order valence-corrected chi connectivity index (χ4v) is 1.95. The molecule has 1 atom stereocenters. The van der Waals surface area contributed by atoms with Crippen molar-refractivity contribution < 1.29 is 23.7 Å². The molecule has 0 aromatic rings. The molecular formula is C13H26O5. The highest BCUT2D eigenvalue weighted by molar-refractivity contribution is 4.91. The molecule has 5 heteroatoms. The molecule has 0 N–H and O–H groups in total. The van der Waals surface area contributed by atoms with E-state index in [4.69, 9.17) is 23.7 Å². The minimum Gasteiger partial charge on any atom is -0.362 e. The largest absolute Gasteiger partial charge is 0.362 e. The van der Waals surface area contributed by atoms with Gasteiger partial charge in [-0.1, -0.05) is 0 Å². The van der Waals surface area contributed by atoms with Crippen LogP contribution in [0.25, 0.3) is 0 Å². The van der Waals surface area contributed by atoms with Gasteiger partial charge in [0.1, 0.15) is 12.2 Å². The number of hydrogen-bond acceptors (Lipinski definition) is 5.